The van der Waals surface area contributed by atoms with Crippen LogP contribution in [0.25, 0.3) is 0 Å². The normalized spacial score (nSPS) is 1.20. The van der Waals surface area contributed by atoms with E-state index in [-0.39, 0.29) is 41.3 Å². The maximum Gasteiger partial charge on any atom is 1.00 e. The smallest absolute Gasteiger partial charge is 1.00 e. The first-order chi connectivity index (χ1) is 1.00. The zero-order chi connectivity index (χ0) is 2.00. The number of aliphatic hydroxyl groups excluding tert-OH is 1. The number of aliphatic hydroxyl groups is 1. The molecule has 0 aliphatic carbocycles. The molecule has 0 aromatic heterocycles. The molecule has 5 heavy (non-hydrogen) atoms. The third-order valence-corrected chi connectivity index (χ3v) is 0. The molecule has 0 aromatic carbocycles. The summed E-state index contributed by atoms with van der Waals surface area (Å²) in [6, 6.07) is 0. The standard InChI is InChI=1S/CH4O.BrH.Li.H2O/c1-2;;;/h2H,1H3;1H;;1H2/q;;+1;/p-1. The molecule has 0 saturated carbocycles. The zero-order valence-electron chi connectivity index (χ0n) is 3.33. The van der Waals surface area contributed by atoms with Crippen LogP contribution in [0.5, 0.6) is 0 Å². The van der Waals surface area contributed by atoms with Gasteiger partial charge < -0.3 is 27.6 Å². The summed E-state index contributed by atoms with van der Waals surface area (Å²) in [7, 11) is 1.00. The second-order valence-corrected chi connectivity index (χ2v) is 0. The van der Waals surface area contributed by atoms with Crippen molar-refractivity contribution in [2.75, 3.05) is 7.11 Å². The van der Waals surface area contributed by atoms with Crippen molar-refractivity contribution < 1.29 is 46.4 Å². The molecule has 0 unspecified atom stereocenters. The summed E-state index contributed by atoms with van der Waals surface area (Å²) in [4.78, 5) is 0. The van der Waals surface area contributed by atoms with E-state index in [4.69, 9.17) is 5.11 Å². The van der Waals surface area contributed by atoms with Crippen molar-refractivity contribution in [2.45, 2.75) is 0 Å². The van der Waals surface area contributed by atoms with Crippen LogP contribution in [-0.2, 0) is 0 Å². The van der Waals surface area contributed by atoms with E-state index in [0.29, 0.717) is 0 Å². The van der Waals surface area contributed by atoms with Gasteiger partial charge in [0.1, 0.15) is 0 Å². The summed E-state index contributed by atoms with van der Waals surface area (Å²) in [5, 5.41) is 7.00. The molecule has 0 aliphatic heterocycles. The molecule has 2 nitrogen and oxygen atoms in total. The Labute approximate surface area is 53.8 Å². The third kappa shape index (κ3) is 45.1. The van der Waals surface area contributed by atoms with Crippen LogP contribution in [-0.4, -0.2) is 17.7 Å². The Morgan fingerprint density at radius 3 is 1.20 bits per heavy atom. The fraction of sp³-hybridized carbons (Fsp3) is 1.00. The van der Waals surface area contributed by atoms with Crippen LogP contribution >= 0.6 is 0 Å². The molecule has 0 spiro atoms. The molecule has 0 radical (unpaired) electrons. The van der Waals surface area contributed by atoms with E-state index in [1.54, 1.807) is 0 Å². The van der Waals surface area contributed by atoms with Crippen LogP contribution in [0.4, 0.5) is 0 Å². The van der Waals surface area contributed by atoms with Crippen molar-refractivity contribution in [3.63, 3.8) is 0 Å². The van der Waals surface area contributed by atoms with Crippen molar-refractivity contribution in [2.24, 2.45) is 0 Å². The van der Waals surface area contributed by atoms with Crippen LogP contribution in [0, 0.1) is 0 Å². The second kappa shape index (κ2) is 80.3. The van der Waals surface area contributed by atoms with Gasteiger partial charge >= 0.3 is 18.9 Å². The van der Waals surface area contributed by atoms with Gasteiger partial charge in [0.25, 0.3) is 0 Å². The van der Waals surface area contributed by atoms with Gasteiger partial charge in [-0.3, -0.25) is 0 Å². The summed E-state index contributed by atoms with van der Waals surface area (Å²) in [6.45, 7) is 0. The van der Waals surface area contributed by atoms with Crippen molar-refractivity contribution in [3.8, 4) is 0 Å². The van der Waals surface area contributed by atoms with Crippen LogP contribution in [0.15, 0.2) is 0 Å². The van der Waals surface area contributed by atoms with Gasteiger partial charge in [0.2, 0.25) is 0 Å². The monoisotopic (exact) mass is 136 g/mol. The molecular formula is CH6BrLiO2. The molecule has 4 heteroatoms. The number of halogens is 1. The molecule has 0 rings (SSSR count). The van der Waals surface area contributed by atoms with E-state index in [1.807, 2.05) is 0 Å². The largest absolute Gasteiger partial charge is 1.00 e. The summed E-state index contributed by atoms with van der Waals surface area (Å²) in [5.74, 6) is 0. The van der Waals surface area contributed by atoms with Gasteiger partial charge in [-0.25, -0.2) is 0 Å². The quantitative estimate of drug-likeness (QED) is 0.331. The fourth-order valence-electron chi connectivity index (χ4n) is 0. The van der Waals surface area contributed by atoms with Crippen molar-refractivity contribution in [3.05, 3.63) is 0 Å². The first-order valence-corrected chi connectivity index (χ1v) is 0.447. The molecule has 0 bridgehead atoms. The van der Waals surface area contributed by atoms with Gasteiger partial charge in [0.15, 0.2) is 0 Å². The van der Waals surface area contributed by atoms with E-state index < -0.39 is 0 Å². The summed E-state index contributed by atoms with van der Waals surface area (Å²) in [5.41, 5.74) is 0. The number of hydrogen-bond donors (Lipinski definition) is 1. The molecule has 0 aliphatic rings. The van der Waals surface area contributed by atoms with Crippen LogP contribution in [0.1, 0.15) is 0 Å². The van der Waals surface area contributed by atoms with Gasteiger partial charge in [0, 0.05) is 7.11 Å². The Morgan fingerprint density at radius 1 is 1.20 bits per heavy atom. The minimum absolute atomic E-state index is 0. The SMILES string of the molecule is CO.O.[Br-].[Li+]. The Kier molecular flexibility index (Phi) is 603. The van der Waals surface area contributed by atoms with E-state index in [0.717, 1.165) is 7.11 Å². The van der Waals surface area contributed by atoms with Gasteiger partial charge in [-0.2, -0.15) is 0 Å². The average Bonchev–Trinajstić information content (AvgIpc) is 1.00. The molecule has 0 atom stereocenters. The number of rotatable bonds is 0. The Hall–Kier alpha value is 0.997. The van der Waals surface area contributed by atoms with Gasteiger partial charge in [-0.1, -0.05) is 0 Å². The fourth-order valence-corrected chi connectivity index (χ4v) is 0. The molecule has 0 amide bonds. The van der Waals surface area contributed by atoms with Gasteiger partial charge in [0.05, 0.1) is 0 Å². The molecule has 0 saturated heterocycles. The molecule has 0 heterocycles. The predicted molar refractivity (Wildman–Crippen MR) is 11.8 cm³/mol. The summed E-state index contributed by atoms with van der Waals surface area (Å²) >= 11 is 0. The van der Waals surface area contributed by atoms with E-state index in [9.17, 15) is 0 Å². The van der Waals surface area contributed by atoms with E-state index in [1.165, 1.54) is 0 Å². The zero-order valence-corrected chi connectivity index (χ0v) is 4.91. The molecule has 3 N–H and O–H groups in total. The van der Waals surface area contributed by atoms with E-state index >= 15 is 0 Å². The predicted octanol–water partition coefficient (Wildman–Crippen LogP) is -7.21. The average molecular weight is 137 g/mol. The summed E-state index contributed by atoms with van der Waals surface area (Å²) < 4.78 is 0. The minimum Gasteiger partial charge on any atom is -1.00 e. The third-order valence-electron chi connectivity index (χ3n) is 0. The first-order valence-electron chi connectivity index (χ1n) is 0.447. The molecule has 0 fully saturated rings. The minimum atomic E-state index is 0. The van der Waals surface area contributed by atoms with Crippen LogP contribution in [0.3, 0.4) is 0 Å². The van der Waals surface area contributed by atoms with Gasteiger partial charge in [-0.05, 0) is 0 Å². The number of hydrogen-bond acceptors (Lipinski definition) is 1. The molecular weight excluding hydrogens is 131 g/mol. The van der Waals surface area contributed by atoms with Crippen LogP contribution < -0.4 is 35.8 Å². The van der Waals surface area contributed by atoms with Crippen molar-refractivity contribution in [1.29, 1.82) is 0 Å². The van der Waals surface area contributed by atoms with Gasteiger partial charge in [-0.15, -0.1) is 0 Å². The maximum absolute atomic E-state index is 7.00. The summed E-state index contributed by atoms with van der Waals surface area (Å²) in [6.07, 6.45) is 0. The van der Waals surface area contributed by atoms with Crippen molar-refractivity contribution in [1.82, 2.24) is 0 Å². The molecule has 30 valence electrons. The molecule has 0 aromatic rings. The Bertz CT molecular complexity index is 9.61. The second-order valence-electron chi connectivity index (χ2n) is 0. The Morgan fingerprint density at radius 2 is 1.20 bits per heavy atom. The first kappa shape index (κ1) is 37.5. The van der Waals surface area contributed by atoms with Crippen molar-refractivity contribution >= 4 is 0 Å². The van der Waals surface area contributed by atoms with E-state index in [2.05, 4.69) is 0 Å². The topological polar surface area (TPSA) is 51.7 Å². The maximum atomic E-state index is 7.00. The van der Waals surface area contributed by atoms with Crippen LogP contribution in [0.2, 0.25) is 0 Å². The Balaban J connectivity index is -0.00000000167.